The third-order valence-corrected chi connectivity index (χ3v) is 4.02. The lowest BCUT2D eigenvalue weighted by Gasteiger charge is -2.32. The van der Waals surface area contributed by atoms with Crippen LogP contribution in [0.15, 0.2) is 0 Å². The first-order valence-corrected chi connectivity index (χ1v) is 6.48. The van der Waals surface area contributed by atoms with Crippen LogP contribution in [0.4, 0.5) is 0 Å². The van der Waals surface area contributed by atoms with Crippen LogP contribution in [0.5, 0.6) is 0 Å². The molecule has 0 heterocycles. The Morgan fingerprint density at radius 1 is 1.18 bits per heavy atom. The van der Waals surface area contributed by atoms with Crippen molar-refractivity contribution in [1.29, 1.82) is 0 Å². The fourth-order valence-corrected chi connectivity index (χ4v) is 2.32. The van der Waals surface area contributed by atoms with Gasteiger partial charge in [0.05, 0.1) is 11.8 Å². The van der Waals surface area contributed by atoms with Gasteiger partial charge in [-0.05, 0) is 32.1 Å². The predicted molar refractivity (Wildman–Crippen MR) is 63.4 cm³/mol. The number of hydrogen-bond donors (Lipinski definition) is 1. The molecule has 0 spiro atoms. The number of aliphatic carboxylic acids is 1. The second kappa shape index (κ2) is 4.31. The second-order valence-corrected chi connectivity index (χ2v) is 5.75. The van der Waals surface area contributed by atoms with E-state index in [2.05, 4.69) is 20.8 Å². The SMILES string of the molecule is CC(C)[C@H](C)N(C(=O)[C@H]1C[C@@H]1C(=O)O)C1CC1. The van der Waals surface area contributed by atoms with Gasteiger partial charge in [0.25, 0.3) is 0 Å². The molecule has 2 fully saturated rings. The molecule has 0 bridgehead atoms. The Labute approximate surface area is 102 Å². The summed E-state index contributed by atoms with van der Waals surface area (Å²) in [6.07, 6.45) is 2.68. The number of carbonyl (C=O) groups is 2. The van der Waals surface area contributed by atoms with Gasteiger partial charge in [0, 0.05) is 12.1 Å². The molecule has 0 aromatic heterocycles. The van der Waals surface area contributed by atoms with E-state index in [1.807, 2.05) is 4.90 Å². The van der Waals surface area contributed by atoms with Crippen LogP contribution in [-0.2, 0) is 9.59 Å². The van der Waals surface area contributed by atoms with Gasteiger partial charge in [0.1, 0.15) is 0 Å². The lowest BCUT2D eigenvalue weighted by molar-refractivity contribution is -0.143. The second-order valence-electron chi connectivity index (χ2n) is 5.75. The largest absolute Gasteiger partial charge is 0.481 e. The van der Waals surface area contributed by atoms with E-state index in [0.717, 1.165) is 12.8 Å². The maximum atomic E-state index is 12.3. The first kappa shape index (κ1) is 12.4. The lowest BCUT2D eigenvalue weighted by atomic mass is 10.0. The van der Waals surface area contributed by atoms with Gasteiger partial charge in [-0.3, -0.25) is 9.59 Å². The minimum Gasteiger partial charge on any atom is -0.481 e. The Morgan fingerprint density at radius 2 is 1.76 bits per heavy atom. The molecule has 17 heavy (non-hydrogen) atoms. The van der Waals surface area contributed by atoms with Crippen molar-refractivity contribution in [2.75, 3.05) is 0 Å². The summed E-state index contributed by atoms with van der Waals surface area (Å²) in [7, 11) is 0. The molecule has 0 aliphatic heterocycles. The van der Waals surface area contributed by atoms with E-state index in [-0.39, 0.29) is 17.9 Å². The smallest absolute Gasteiger partial charge is 0.307 e. The van der Waals surface area contributed by atoms with Crippen molar-refractivity contribution in [2.24, 2.45) is 17.8 Å². The quantitative estimate of drug-likeness (QED) is 0.795. The van der Waals surface area contributed by atoms with E-state index in [0.29, 0.717) is 18.4 Å². The van der Waals surface area contributed by atoms with E-state index in [4.69, 9.17) is 5.11 Å². The molecule has 0 unspecified atom stereocenters. The first-order chi connectivity index (χ1) is 7.93. The van der Waals surface area contributed by atoms with Crippen LogP contribution >= 0.6 is 0 Å². The zero-order valence-corrected chi connectivity index (χ0v) is 10.7. The minimum atomic E-state index is -0.823. The molecule has 1 amide bonds. The van der Waals surface area contributed by atoms with Crippen molar-refractivity contribution in [3.63, 3.8) is 0 Å². The number of carboxylic acids is 1. The standard InChI is InChI=1S/C13H21NO3/c1-7(2)8(3)14(9-4-5-9)12(15)10-6-11(10)13(16)17/h7-11H,4-6H2,1-3H3,(H,16,17)/t8-,10-,11-/m0/s1. The molecule has 1 N–H and O–H groups in total. The maximum Gasteiger partial charge on any atom is 0.307 e. The van der Waals surface area contributed by atoms with Gasteiger partial charge in [0.2, 0.25) is 5.91 Å². The summed E-state index contributed by atoms with van der Waals surface area (Å²) >= 11 is 0. The molecule has 4 nitrogen and oxygen atoms in total. The van der Waals surface area contributed by atoms with Gasteiger partial charge in [-0.15, -0.1) is 0 Å². The number of hydrogen-bond acceptors (Lipinski definition) is 2. The average Bonchev–Trinajstić information content (AvgIpc) is 3.11. The van der Waals surface area contributed by atoms with E-state index >= 15 is 0 Å². The zero-order valence-electron chi connectivity index (χ0n) is 10.7. The summed E-state index contributed by atoms with van der Waals surface area (Å²) in [5, 5.41) is 8.89. The van der Waals surface area contributed by atoms with Crippen molar-refractivity contribution in [2.45, 2.75) is 52.1 Å². The monoisotopic (exact) mass is 239 g/mol. The van der Waals surface area contributed by atoms with E-state index in [9.17, 15) is 9.59 Å². The molecular weight excluding hydrogens is 218 g/mol. The van der Waals surface area contributed by atoms with Gasteiger partial charge >= 0.3 is 5.97 Å². The summed E-state index contributed by atoms with van der Waals surface area (Å²) in [6, 6.07) is 0.583. The highest BCUT2D eigenvalue weighted by Gasteiger charge is 2.52. The van der Waals surface area contributed by atoms with Crippen LogP contribution in [-0.4, -0.2) is 34.0 Å². The maximum absolute atomic E-state index is 12.3. The molecule has 0 saturated heterocycles. The summed E-state index contributed by atoms with van der Waals surface area (Å²) < 4.78 is 0. The minimum absolute atomic E-state index is 0.0705. The third-order valence-electron chi connectivity index (χ3n) is 4.02. The van der Waals surface area contributed by atoms with Crippen molar-refractivity contribution >= 4 is 11.9 Å². The number of nitrogens with zero attached hydrogens (tertiary/aromatic N) is 1. The summed E-state index contributed by atoms with van der Waals surface area (Å²) in [5.74, 6) is -1.02. The topological polar surface area (TPSA) is 57.6 Å². The molecule has 2 saturated carbocycles. The van der Waals surface area contributed by atoms with Gasteiger partial charge in [-0.2, -0.15) is 0 Å². The number of carbonyl (C=O) groups excluding carboxylic acids is 1. The van der Waals surface area contributed by atoms with Crippen LogP contribution in [0, 0.1) is 17.8 Å². The molecule has 2 aliphatic rings. The Bertz CT molecular complexity index is 336. The van der Waals surface area contributed by atoms with Crippen molar-refractivity contribution in [3.8, 4) is 0 Å². The molecule has 0 aromatic carbocycles. The third kappa shape index (κ3) is 2.45. The molecule has 0 aromatic rings. The van der Waals surface area contributed by atoms with Crippen molar-refractivity contribution in [3.05, 3.63) is 0 Å². The van der Waals surface area contributed by atoms with Crippen molar-refractivity contribution in [1.82, 2.24) is 4.90 Å². The molecule has 96 valence electrons. The van der Waals surface area contributed by atoms with Crippen LogP contribution in [0.2, 0.25) is 0 Å². The highest BCUT2D eigenvalue weighted by Crippen LogP contribution is 2.43. The van der Waals surface area contributed by atoms with Gasteiger partial charge in [0.15, 0.2) is 0 Å². The average molecular weight is 239 g/mol. The normalized spacial score (nSPS) is 28.9. The number of carboxylic acid groups (broad SMARTS) is 1. The first-order valence-electron chi connectivity index (χ1n) is 6.48. The zero-order chi connectivity index (χ0) is 12.7. The summed E-state index contributed by atoms with van der Waals surface area (Å²) in [5.41, 5.74) is 0. The molecule has 2 rings (SSSR count). The van der Waals surface area contributed by atoms with Gasteiger partial charge in [-0.1, -0.05) is 13.8 Å². The van der Waals surface area contributed by atoms with Gasteiger partial charge in [-0.25, -0.2) is 0 Å². The van der Waals surface area contributed by atoms with Crippen LogP contribution < -0.4 is 0 Å². The summed E-state index contributed by atoms with van der Waals surface area (Å²) in [4.78, 5) is 25.1. The molecule has 4 heteroatoms. The van der Waals surface area contributed by atoms with Crippen LogP contribution in [0.1, 0.15) is 40.0 Å². The Kier molecular flexibility index (Phi) is 3.15. The molecule has 2 aliphatic carbocycles. The van der Waals surface area contributed by atoms with Crippen molar-refractivity contribution < 1.29 is 14.7 Å². The summed E-state index contributed by atoms with van der Waals surface area (Å²) in [6.45, 7) is 6.28. The predicted octanol–water partition coefficient (Wildman–Crippen LogP) is 1.74. The van der Waals surface area contributed by atoms with E-state index in [1.165, 1.54) is 0 Å². The molecular formula is C13H21NO3. The Hall–Kier alpha value is -1.06. The van der Waals surface area contributed by atoms with E-state index < -0.39 is 11.9 Å². The fraction of sp³-hybridized carbons (Fsp3) is 0.846. The molecule has 0 radical (unpaired) electrons. The lowest BCUT2D eigenvalue weighted by Crippen LogP contribution is -2.44. The van der Waals surface area contributed by atoms with Crippen LogP contribution in [0.3, 0.4) is 0 Å². The Morgan fingerprint density at radius 3 is 2.12 bits per heavy atom. The van der Waals surface area contributed by atoms with E-state index in [1.54, 1.807) is 0 Å². The number of rotatable bonds is 5. The molecule has 3 atom stereocenters. The van der Waals surface area contributed by atoms with Crippen LogP contribution in [0.25, 0.3) is 0 Å². The Balaban J connectivity index is 2.02. The van der Waals surface area contributed by atoms with Gasteiger partial charge < -0.3 is 10.0 Å². The highest BCUT2D eigenvalue weighted by atomic mass is 16.4. The number of amides is 1. The fourth-order valence-electron chi connectivity index (χ4n) is 2.32. The highest BCUT2D eigenvalue weighted by molar-refractivity contribution is 5.90.